The number of benzene rings is 2. The molecule has 0 N–H and O–H groups in total. The van der Waals surface area contributed by atoms with Crippen molar-refractivity contribution in [3.63, 3.8) is 0 Å². The van der Waals surface area contributed by atoms with E-state index in [4.69, 9.17) is 4.74 Å². The molecule has 0 aromatic heterocycles. The third-order valence-corrected chi connectivity index (χ3v) is 5.51. The van der Waals surface area contributed by atoms with Crippen molar-refractivity contribution in [3.8, 4) is 17.6 Å². The van der Waals surface area contributed by atoms with Gasteiger partial charge in [0.2, 0.25) is 0 Å². The second-order valence-electron chi connectivity index (χ2n) is 7.65. The summed E-state index contributed by atoms with van der Waals surface area (Å²) in [7, 11) is 0. The first kappa shape index (κ1) is 20.3. The highest BCUT2D eigenvalue weighted by atomic mass is 16.5. The summed E-state index contributed by atoms with van der Waals surface area (Å²) in [6.45, 7) is 4.96. The third kappa shape index (κ3) is 6.03. The molecule has 3 rings (SSSR count). The summed E-state index contributed by atoms with van der Waals surface area (Å²) < 4.78 is 5.47. The second kappa shape index (κ2) is 10.8. The van der Waals surface area contributed by atoms with E-state index in [0.29, 0.717) is 6.61 Å². The predicted octanol–water partition coefficient (Wildman–Crippen LogP) is 7.25. The highest BCUT2D eigenvalue weighted by Gasteiger charge is 2.14. The first-order chi connectivity index (χ1) is 13.8. The van der Waals surface area contributed by atoms with E-state index in [9.17, 15) is 0 Å². The number of hydrogen-bond acceptors (Lipinski definition) is 1. The SMILES string of the molecule is CCCCCC1CC=C(c2ccc(C#Cc3ccc(OCC)cc3)cc2)CC1. The lowest BCUT2D eigenvalue weighted by Gasteiger charge is -2.22. The summed E-state index contributed by atoms with van der Waals surface area (Å²) in [4.78, 5) is 0. The molecular formula is C27H32O. The fraction of sp³-hybridized carbons (Fsp3) is 0.407. The molecule has 1 aliphatic rings. The number of ether oxygens (including phenoxy) is 1. The molecule has 0 saturated heterocycles. The van der Waals surface area contributed by atoms with Crippen molar-refractivity contribution in [2.45, 2.75) is 58.8 Å². The van der Waals surface area contributed by atoms with Crippen molar-refractivity contribution in [1.29, 1.82) is 0 Å². The Hall–Kier alpha value is -2.46. The summed E-state index contributed by atoms with van der Waals surface area (Å²) >= 11 is 0. The molecule has 0 bridgehead atoms. The molecule has 0 saturated carbocycles. The monoisotopic (exact) mass is 372 g/mol. The van der Waals surface area contributed by atoms with Gasteiger partial charge in [-0.1, -0.05) is 62.7 Å². The zero-order valence-electron chi connectivity index (χ0n) is 17.3. The molecule has 1 aliphatic carbocycles. The fourth-order valence-electron chi connectivity index (χ4n) is 3.81. The standard InChI is InChI=1S/C27H32O/c1-3-5-6-7-22-10-16-25(17-11-22)26-18-12-23(13-19-26)8-9-24-14-20-27(21-15-24)28-4-2/h12-16,18-22H,3-7,10-11,17H2,1-2H3. The molecule has 1 atom stereocenters. The highest BCUT2D eigenvalue weighted by Crippen LogP contribution is 2.32. The van der Waals surface area contributed by atoms with Crippen molar-refractivity contribution in [3.05, 3.63) is 71.3 Å². The molecule has 0 fully saturated rings. The van der Waals surface area contributed by atoms with Gasteiger partial charge in [-0.25, -0.2) is 0 Å². The van der Waals surface area contributed by atoms with Gasteiger partial charge in [0.15, 0.2) is 0 Å². The zero-order valence-corrected chi connectivity index (χ0v) is 17.3. The summed E-state index contributed by atoms with van der Waals surface area (Å²) in [5.74, 6) is 8.30. The summed E-state index contributed by atoms with van der Waals surface area (Å²) in [6, 6.07) is 16.7. The van der Waals surface area contributed by atoms with E-state index in [1.807, 2.05) is 31.2 Å². The molecule has 1 unspecified atom stereocenters. The van der Waals surface area contributed by atoms with Gasteiger partial charge in [-0.2, -0.15) is 0 Å². The maximum absolute atomic E-state index is 5.47. The number of unbranched alkanes of at least 4 members (excludes halogenated alkanes) is 2. The first-order valence-electron chi connectivity index (χ1n) is 10.8. The Bertz CT molecular complexity index is 815. The van der Waals surface area contributed by atoms with E-state index in [-0.39, 0.29) is 0 Å². The minimum Gasteiger partial charge on any atom is -0.494 e. The van der Waals surface area contributed by atoms with Crippen LogP contribution in [0.1, 0.15) is 75.5 Å². The predicted molar refractivity (Wildman–Crippen MR) is 119 cm³/mol. The number of allylic oxidation sites excluding steroid dienone is 2. The van der Waals surface area contributed by atoms with Gasteiger partial charge in [0.25, 0.3) is 0 Å². The van der Waals surface area contributed by atoms with Crippen molar-refractivity contribution in [1.82, 2.24) is 0 Å². The maximum Gasteiger partial charge on any atom is 0.119 e. The van der Waals surface area contributed by atoms with Crippen LogP contribution in [0.2, 0.25) is 0 Å². The summed E-state index contributed by atoms with van der Waals surface area (Å²) in [6.07, 6.45) is 11.8. The van der Waals surface area contributed by atoms with E-state index >= 15 is 0 Å². The lowest BCUT2D eigenvalue weighted by molar-refractivity contribution is 0.340. The normalized spacial score (nSPS) is 16.1. The molecule has 1 heteroatoms. The lowest BCUT2D eigenvalue weighted by atomic mass is 9.84. The highest BCUT2D eigenvalue weighted by molar-refractivity contribution is 5.67. The molecule has 2 aromatic rings. The Balaban J connectivity index is 1.57. The van der Waals surface area contributed by atoms with Crippen LogP contribution in [-0.4, -0.2) is 6.61 Å². The van der Waals surface area contributed by atoms with Gasteiger partial charge >= 0.3 is 0 Å². The van der Waals surface area contributed by atoms with Gasteiger partial charge in [-0.15, -0.1) is 0 Å². The molecule has 0 heterocycles. The molecule has 28 heavy (non-hydrogen) atoms. The zero-order chi connectivity index (χ0) is 19.6. The van der Waals surface area contributed by atoms with Crippen LogP contribution in [0.5, 0.6) is 5.75 Å². The van der Waals surface area contributed by atoms with E-state index < -0.39 is 0 Å². The van der Waals surface area contributed by atoms with Crippen LogP contribution < -0.4 is 4.74 Å². The van der Waals surface area contributed by atoms with Crippen LogP contribution in [0.25, 0.3) is 5.57 Å². The Morgan fingerprint density at radius 3 is 2.14 bits per heavy atom. The van der Waals surface area contributed by atoms with Gasteiger partial charge in [0.1, 0.15) is 5.75 Å². The van der Waals surface area contributed by atoms with Crippen LogP contribution in [0, 0.1) is 17.8 Å². The topological polar surface area (TPSA) is 9.23 Å². The number of hydrogen-bond donors (Lipinski definition) is 0. The van der Waals surface area contributed by atoms with Crippen LogP contribution in [0.4, 0.5) is 0 Å². The minimum atomic E-state index is 0.688. The van der Waals surface area contributed by atoms with Crippen molar-refractivity contribution < 1.29 is 4.74 Å². The van der Waals surface area contributed by atoms with Crippen molar-refractivity contribution in [2.24, 2.45) is 5.92 Å². The van der Waals surface area contributed by atoms with Gasteiger partial charge in [0.05, 0.1) is 6.61 Å². The summed E-state index contributed by atoms with van der Waals surface area (Å²) in [5, 5.41) is 0. The summed E-state index contributed by atoms with van der Waals surface area (Å²) in [5.41, 5.74) is 4.94. The van der Waals surface area contributed by atoms with Crippen molar-refractivity contribution >= 4 is 5.57 Å². The molecule has 146 valence electrons. The molecule has 0 amide bonds. The van der Waals surface area contributed by atoms with Crippen LogP contribution in [0.15, 0.2) is 54.6 Å². The van der Waals surface area contributed by atoms with E-state index in [2.05, 4.69) is 49.1 Å². The minimum absolute atomic E-state index is 0.688. The quantitative estimate of drug-likeness (QED) is 0.367. The maximum atomic E-state index is 5.47. The lowest BCUT2D eigenvalue weighted by Crippen LogP contribution is -2.05. The van der Waals surface area contributed by atoms with Gasteiger partial charge in [-0.05, 0) is 79.6 Å². The molecule has 0 radical (unpaired) electrons. The Labute approximate surface area is 170 Å². The van der Waals surface area contributed by atoms with Crippen LogP contribution in [-0.2, 0) is 0 Å². The Morgan fingerprint density at radius 1 is 0.893 bits per heavy atom. The molecule has 1 nitrogen and oxygen atoms in total. The third-order valence-electron chi connectivity index (χ3n) is 5.51. The molecule has 0 aliphatic heterocycles. The molecule has 2 aromatic carbocycles. The van der Waals surface area contributed by atoms with Crippen LogP contribution >= 0.6 is 0 Å². The largest absolute Gasteiger partial charge is 0.494 e. The van der Waals surface area contributed by atoms with E-state index in [1.54, 1.807) is 0 Å². The van der Waals surface area contributed by atoms with Gasteiger partial charge in [-0.3, -0.25) is 0 Å². The average molecular weight is 373 g/mol. The van der Waals surface area contributed by atoms with Gasteiger partial charge < -0.3 is 4.74 Å². The van der Waals surface area contributed by atoms with Gasteiger partial charge in [0, 0.05) is 11.1 Å². The Kier molecular flexibility index (Phi) is 7.80. The Morgan fingerprint density at radius 2 is 1.57 bits per heavy atom. The second-order valence-corrected chi connectivity index (χ2v) is 7.65. The average Bonchev–Trinajstić information content (AvgIpc) is 2.75. The van der Waals surface area contributed by atoms with Crippen LogP contribution in [0.3, 0.4) is 0 Å². The van der Waals surface area contributed by atoms with E-state index in [1.165, 1.54) is 56.1 Å². The molecule has 0 spiro atoms. The van der Waals surface area contributed by atoms with E-state index in [0.717, 1.165) is 22.8 Å². The molecular weight excluding hydrogens is 340 g/mol. The fourth-order valence-corrected chi connectivity index (χ4v) is 3.81. The van der Waals surface area contributed by atoms with Crippen molar-refractivity contribution in [2.75, 3.05) is 6.61 Å². The first-order valence-corrected chi connectivity index (χ1v) is 10.8. The smallest absolute Gasteiger partial charge is 0.119 e. The number of rotatable bonds is 7.